The molecule has 53 heavy (non-hydrogen) atoms. The number of nitrogens with one attached hydrogen (secondary N) is 3. The van der Waals surface area contributed by atoms with Crippen molar-refractivity contribution in [2.24, 2.45) is 4.99 Å². The summed E-state index contributed by atoms with van der Waals surface area (Å²) in [6.07, 6.45) is 0.978. The Labute approximate surface area is 367 Å². The molecule has 1 aromatic heterocycles. The molecule has 1 aliphatic rings. The molecule has 0 saturated heterocycles. The molecule has 24 heteroatoms. The third-order valence-electron chi connectivity index (χ3n) is 7.19. The Kier molecular flexibility index (Phi) is 14.2. The Hall–Kier alpha value is -2.84. The van der Waals surface area contributed by atoms with Crippen LogP contribution in [0.4, 0.5) is 34.4 Å². The van der Waals surface area contributed by atoms with Gasteiger partial charge in [-0.25, -0.2) is 40.2 Å². The Balaban J connectivity index is 0.00000252. The van der Waals surface area contributed by atoms with Crippen LogP contribution in [-0.2, 0) is 30.4 Å². The van der Waals surface area contributed by atoms with E-state index in [4.69, 9.17) is 5.73 Å². The maximum absolute atomic E-state index is 13.6. The van der Waals surface area contributed by atoms with Crippen LogP contribution < -0.4 is 111 Å². The second kappa shape index (κ2) is 16.9. The molecule has 0 spiro atoms. The second-order valence-electron chi connectivity index (χ2n) is 10.4. The molecule has 0 fully saturated rings. The zero-order valence-corrected chi connectivity index (χ0v) is 36.1. The largest absolute Gasteiger partial charge is 1.00 e. The molecule has 1 heterocycles. The fourth-order valence-corrected chi connectivity index (χ4v) is 6.83. The normalized spacial score (nSPS) is 12.7. The van der Waals surface area contributed by atoms with Gasteiger partial charge in [-0.05, 0) is 42.5 Å². The van der Waals surface area contributed by atoms with Crippen molar-refractivity contribution < 1.29 is 137 Å². The molecule has 0 radical (unpaired) electrons. The molecule has 0 aliphatic heterocycles. The molecule has 256 valence electrons. The first-order valence-electron chi connectivity index (χ1n) is 13.7. The quantitative estimate of drug-likeness (QED) is 0.0631. The molecular formula is C29H18N7Na3O11S3. The summed E-state index contributed by atoms with van der Waals surface area (Å²) in [5.74, 6) is -1.80. The Morgan fingerprint density at radius 1 is 0.660 bits per heavy atom. The van der Waals surface area contributed by atoms with E-state index in [2.05, 4.69) is 30.6 Å². The molecule has 0 saturated carbocycles. The maximum atomic E-state index is 13.6. The number of nitrogens with zero attached hydrogens (tertiary/aromatic N) is 3. The zero-order valence-electron chi connectivity index (χ0n) is 27.6. The first kappa shape index (κ1) is 44.6. The van der Waals surface area contributed by atoms with Gasteiger partial charge < -0.3 is 30.0 Å². The van der Waals surface area contributed by atoms with Crippen molar-refractivity contribution in [2.45, 2.75) is 14.7 Å². The molecule has 5 aromatic rings. The molecule has 1 aliphatic carbocycles. The smallest absolute Gasteiger partial charge is 0.744 e. The van der Waals surface area contributed by atoms with Crippen molar-refractivity contribution in [2.75, 3.05) is 16.4 Å². The third-order valence-corrected chi connectivity index (χ3v) is 9.79. The van der Waals surface area contributed by atoms with Gasteiger partial charge in [-0.2, -0.15) is 0 Å². The number of carbonyl (C=O) groups excluding carboxylic acids is 2. The van der Waals surface area contributed by atoms with Gasteiger partial charge in [-0.1, -0.05) is 30.3 Å². The minimum absolute atomic E-state index is 0. The summed E-state index contributed by atoms with van der Waals surface area (Å²) in [5, 5.41) is 5.30. The molecule has 0 atom stereocenters. The van der Waals surface area contributed by atoms with Gasteiger partial charge in [-0.3, -0.25) is 14.6 Å². The van der Waals surface area contributed by atoms with Gasteiger partial charge in [0.25, 0.3) is 0 Å². The molecule has 5 N–H and O–H groups in total. The monoisotopic (exact) mass is 805 g/mol. The average molecular weight is 806 g/mol. The second-order valence-corrected chi connectivity index (χ2v) is 14.5. The summed E-state index contributed by atoms with van der Waals surface area (Å²) in [6.45, 7) is 0. The van der Waals surface area contributed by atoms with Crippen LogP contribution in [0.25, 0.3) is 0 Å². The minimum atomic E-state index is -5.30. The number of hydrogen-bond donors (Lipinski definition) is 4. The maximum Gasteiger partial charge on any atom is 1.00 e. The number of rotatable bonds is 8. The van der Waals surface area contributed by atoms with Gasteiger partial charge >= 0.3 is 88.7 Å². The van der Waals surface area contributed by atoms with Gasteiger partial charge in [0.1, 0.15) is 36.7 Å². The van der Waals surface area contributed by atoms with Crippen LogP contribution in [0, 0.1) is 0 Å². The molecule has 6 rings (SSSR count). The van der Waals surface area contributed by atoms with E-state index in [0.29, 0.717) is 0 Å². The van der Waals surface area contributed by atoms with E-state index in [1.54, 1.807) is 0 Å². The number of carbonyl (C=O) groups is 2. The number of H-pyrrole nitrogens is 1. The van der Waals surface area contributed by atoms with E-state index in [9.17, 15) is 48.5 Å². The van der Waals surface area contributed by atoms with E-state index in [0.717, 1.165) is 42.7 Å². The third kappa shape index (κ3) is 9.52. The van der Waals surface area contributed by atoms with Gasteiger partial charge in [0.05, 0.1) is 48.6 Å². The standard InChI is InChI=1S/C29H21N7O11S3.3Na/c30-25-22(50(45,46)47)12-20(23-24(25)27(38)18-7-2-1-6-17(18)26(23)37)33-15-8-9-21(49(42,43)44)19(11-15)35-29-32-13-31-28(36-29)34-14-4-3-5-16(10-14)48(39,40)41;;;/h1-13,33H,30H2,(H,39,40,41)(H,42,43,44)(H,45,46,47)(H2,31,32,34,35,36);;;/q;3*+1/p-3. The summed E-state index contributed by atoms with van der Waals surface area (Å²) < 4.78 is 107. The molecule has 18 nitrogen and oxygen atoms in total. The topological polar surface area (TPSA) is 310 Å². The molecule has 0 unspecified atom stereocenters. The number of nitrogens with two attached hydrogens (primary N) is 1. The number of anilines is 5. The average Bonchev–Trinajstić information content (AvgIpc) is 3.03. The van der Waals surface area contributed by atoms with Crippen molar-refractivity contribution in [3.63, 3.8) is 0 Å². The van der Waals surface area contributed by atoms with Gasteiger partial charge in [0.2, 0.25) is 11.6 Å². The van der Waals surface area contributed by atoms with Crippen LogP contribution in [0.15, 0.2) is 98.8 Å². The van der Waals surface area contributed by atoms with Gasteiger partial charge in [-0.15, -0.1) is 0 Å². The van der Waals surface area contributed by atoms with E-state index in [-0.39, 0.29) is 134 Å². The van der Waals surface area contributed by atoms with Crippen molar-refractivity contribution >= 4 is 76.3 Å². The zero-order chi connectivity index (χ0) is 36.2. The first-order chi connectivity index (χ1) is 23.4. The van der Waals surface area contributed by atoms with Crippen molar-refractivity contribution in [3.05, 3.63) is 107 Å². The Morgan fingerprint density at radius 3 is 1.89 bits per heavy atom. The first-order valence-corrected chi connectivity index (χ1v) is 17.9. The number of aromatic nitrogens is 3. The van der Waals surface area contributed by atoms with E-state index in [1.807, 2.05) is 0 Å². The number of nitrogen functional groups attached to an aromatic ring is 1. The summed E-state index contributed by atoms with van der Waals surface area (Å²) in [7, 11) is -15.2. The number of ketones is 2. The van der Waals surface area contributed by atoms with E-state index >= 15 is 0 Å². The van der Waals surface area contributed by atoms with Crippen LogP contribution in [0.2, 0.25) is 0 Å². The predicted molar refractivity (Wildman–Crippen MR) is 169 cm³/mol. The van der Waals surface area contributed by atoms with Crippen LogP contribution >= 0.6 is 0 Å². The molecule has 0 amide bonds. The van der Waals surface area contributed by atoms with Crippen LogP contribution in [0.5, 0.6) is 0 Å². The van der Waals surface area contributed by atoms with Gasteiger partial charge in [0.15, 0.2) is 11.6 Å². The summed E-state index contributed by atoms with van der Waals surface area (Å²) >= 11 is 0. The Morgan fingerprint density at radius 2 is 1.28 bits per heavy atom. The van der Waals surface area contributed by atoms with Crippen molar-refractivity contribution in [1.82, 2.24) is 15.0 Å². The fourth-order valence-electron chi connectivity index (χ4n) is 5.07. The molecular weight excluding hydrogens is 788 g/mol. The molecule has 0 bridgehead atoms. The number of aromatic amines is 1. The van der Waals surface area contributed by atoms with Crippen molar-refractivity contribution in [1.29, 1.82) is 0 Å². The number of fused-ring (bicyclic) bond motifs is 2. The number of benzene rings is 4. The van der Waals surface area contributed by atoms with Crippen LogP contribution in [-0.4, -0.2) is 65.4 Å². The Bertz CT molecular complexity index is 2710. The van der Waals surface area contributed by atoms with E-state index < -0.39 is 73.5 Å². The fraction of sp³-hybridized carbons (Fsp3) is 0. The number of hydrogen-bond acceptors (Lipinski definition) is 17. The van der Waals surface area contributed by atoms with Gasteiger partial charge in [0, 0.05) is 16.8 Å². The van der Waals surface area contributed by atoms with Crippen LogP contribution in [0.3, 0.4) is 0 Å². The minimum Gasteiger partial charge on any atom is -0.744 e. The van der Waals surface area contributed by atoms with E-state index in [1.165, 1.54) is 36.4 Å². The summed E-state index contributed by atoms with van der Waals surface area (Å²) in [4.78, 5) is 39.2. The predicted octanol–water partition coefficient (Wildman–Crippen LogP) is -7.39. The summed E-state index contributed by atoms with van der Waals surface area (Å²) in [6, 6.07) is 14.2. The summed E-state index contributed by atoms with van der Waals surface area (Å²) in [5.41, 5.74) is 3.22. The molecule has 4 aromatic carbocycles. The van der Waals surface area contributed by atoms with Crippen molar-refractivity contribution in [3.8, 4) is 0 Å². The van der Waals surface area contributed by atoms with Crippen LogP contribution in [0.1, 0.15) is 31.8 Å². The SMILES string of the molecule is Nc1c(S(=O)(=O)[O-])cc(Nc2ccc(S(=O)(=O)[O-])c(Nc3ncnc(=Nc4cccc(S(=O)(=O)[O-])c4)[nH]3)c2)c2c1C(=O)c1ccccc1C2=O.[Na+].[Na+].[Na+].